The molecule has 1 unspecified atom stereocenters. The summed E-state index contributed by atoms with van der Waals surface area (Å²) in [5, 5.41) is 12.1. The van der Waals surface area contributed by atoms with Crippen LogP contribution in [0.25, 0.3) is 0 Å². The van der Waals surface area contributed by atoms with E-state index in [0.717, 1.165) is 13.1 Å². The van der Waals surface area contributed by atoms with Crippen molar-refractivity contribution in [3.05, 3.63) is 0 Å². The third kappa shape index (κ3) is 4.08. The monoisotopic (exact) mass is 195 g/mol. The Kier molecular flexibility index (Phi) is 5.58. The number of unbranched alkanes of at least 4 members (excludes halogenated alkanes) is 1. The van der Waals surface area contributed by atoms with Crippen LogP contribution in [0.1, 0.15) is 32.6 Å². The van der Waals surface area contributed by atoms with Crippen LogP contribution in [0.4, 0.5) is 0 Å². The average Bonchev–Trinajstić information content (AvgIpc) is 2.41. The van der Waals surface area contributed by atoms with Gasteiger partial charge in [0.2, 0.25) is 0 Å². The lowest BCUT2D eigenvalue weighted by Gasteiger charge is -2.22. The molecule has 1 atom stereocenters. The van der Waals surface area contributed by atoms with E-state index in [2.05, 4.69) is 23.2 Å². The van der Waals surface area contributed by atoms with Crippen molar-refractivity contribution in [3.63, 3.8) is 0 Å². The molecule has 1 fully saturated rings. The number of rotatable bonds is 4. The molecule has 80 valence electrons. The zero-order valence-corrected chi connectivity index (χ0v) is 9.13. The smallest absolute Gasteiger partial charge is 0.0638 e. The van der Waals surface area contributed by atoms with Crippen molar-refractivity contribution in [2.45, 2.75) is 38.6 Å². The quantitative estimate of drug-likeness (QED) is 0.736. The van der Waals surface area contributed by atoms with Crippen LogP contribution < -0.4 is 5.32 Å². The second-order valence-corrected chi connectivity index (χ2v) is 4.02. The van der Waals surface area contributed by atoms with Crippen molar-refractivity contribution in [2.24, 2.45) is 0 Å². The van der Waals surface area contributed by atoms with Crippen LogP contribution in [0, 0.1) is 11.3 Å². The van der Waals surface area contributed by atoms with Crippen LogP contribution in [-0.4, -0.2) is 37.1 Å². The van der Waals surface area contributed by atoms with E-state index in [1.54, 1.807) is 0 Å². The lowest BCUT2D eigenvalue weighted by Crippen LogP contribution is -2.37. The predicted octanol–water partition coefficient (Wildman–Crippen LogP) is 1.36. The maximum Gasteiger partial charge on any atom is 0.0638 e. The van der Waals surface area contributed by atoms with Gasteiger partial charge in [-0.2, -0.15) is 5.26 Å². The topological polar surface area (TPSA) is 39.1 Å². The van der Waals surface area contributed by atoms with E-state index in [0.29, 0.717) is 12.5 Å². The highest BCUT2D eigenvalue weighted by Gasteiger charge is 2.16. The number of hydrogen-bond acceptors (Lipinski definition) is 3. The molecule has 1 rings (SSSR count). The standard InChI is InChI=1S/C11H21N3/c1-2-3-8-14-9-4-7-13-11(10-14)5-6-12/h11,13H,2-5,7-10H2,1H3. The molecule has 0 bridgehead atoms. The van der Waals surface area contributed by atoms with E-state index in [-0.39, 0.29) is 0 Å². The van der Waals surface area contributed by atoms with Crippen molar-refractivity contribution in [1.29, 1.82) is 5.26 Å². The van der Waals surface area contributed by atoms with Gasteiger partial charge < -0.3 is 10.2 Å². The fourth-order valence-electron chi connectivity index (χ4n) is 1.91. The van der Waals surface area contributed by atoms with Crippen LogP contribution >= 0.6 is 0 Å². The number of hydrogen-bond donors (Lipinski definition) is 1. The van der Waals surface area contributed by atoms with Gasteiger partial charge in [0.05, 0.1) is 12.5 Å². The highest BCUT2D eigenvalue weighted by molar-refractivity contribution is 4.84. The summed E-state index contributed by atoms with van der Waals surface area (Å²) in [6.45, 7) is 6.72. The molecule has 0 aromatic rings. The first-order chi connectivity index (χ1) is 6.86. The zero-order chi connectivity index (χ0) is 10.2. The van der Waals surface area contributed by atoms with E-state index in [1.807, 2.05) is 0 Å². The lowest BCUT2D eigenvalue weighted by atomic mass is 10.2. The van der Waals surface area contributed by atoms with Gasteiger partial charge in [0, 0.05) is 12.6 Å². The molecule has 0 spiro atoms. The molecule has 14 heavy (non-hydrogen) atoms. The summed E-state index contributed by atoms with van der Waals surface area (Å²) in [4.78, 5) is 2.49. The molecule has 1 aliphatic rings. The summed E-state index contributed by atoms with van der Waals surface area (Å²) >= 11 is 0. The molecule has 3 heteroatoms. The van der Waals surface area contributed by atoms with Crippen LogP contribution in [0.15, 0.2) is 0 Å². The molecule has 1 aliphatic heterocycles. The molecule has 0 saturated carbocycles. The lowest BCUT2D eigenvalue weighted by molar-refractivity contribution is 0.264. The average molecular weight is 195 g/mol. The zero-order valence-electron chi connectivity index (χ0n) is 9.13. The van der Waals surface area contributed by atoms with Gasteiger partial charge in [-0.25, -0.2) is 0 Å². The van der Waals surface area contributed by atoms with Crippen LogP contribution in [0.3, 0.4) is 0 Å². The summed E-state index contributed by atoms with van der Waals surface area (Å²) < 4.78 is 0. The molecular formula is C11H21N3. The first-order valence-corrected chi connectivity index (χ1v) is 5.69. The molecule has 0 aromatic heterocycles. The van der Waals surface area contributed by atoms with Crippen molar-refractivity contribution >= 4 is 0 Å². The van der Waals surface area contributed by atoms with Gasteiger partial charge in [-0.15, -0.1) is 0 Å². The van der Waals surface area contributed by atoms with Gasteiger partial charge in [0.1, 0.15) is 0 Å². The Morgan fingerprint density at radius 1 is 1.57 bits per heavy atom. The molecule has 0 amide bonds. The molecule has 1 N–H and O–H groups in total. The maximum absolute atomic E-state index is 8.66. The third-order valence-corrected chi connectivity index (χ3v) is 2.73. The van der Waals surface area contributed by atoms with Crippen molar-refractivity contribution < 1.29 is 0 Å². The first-order valence-electron chi connectivity index (χ1n) is 5.69. The van der Waals surface area contributed by atoms with Gasteiger partial charge >= 0.3 is 0 Å². The second kappa shape index (κ2) is 6.80. The van der Waals surface area contributed by atoms with Crippen molar-refractivity contribution in [2.75, 3.05) is 26.2 Å². The largest absolute Gasteiger partial charge is 0.312 e. The Balaban J connectivity index is 2.31. The molecule has 3 nitrogen and oxygen atoms in total. The minimum Gasteiger partial charge on any atom is -0.312 e. The van der Waals surface area contributed by atoms with E-state index in [9.17, 15) is 0 Å². The summed E-state index contributed by atoms with van der Waals surface area (Å²) in [6.07, 6.45) is 4.39. The minimum absolute atomic E-state index is 0.388. The molecule has 0 aliphatic carbocycles. The van der Waals surface area contributed by atoms with Gasteiger partial charge in [-0.05, 0) is 32.5 Å². The Labute approximate surface area is 87.1 Å². The van der Waals surface area contributed by atoms with Crippen LogP contribution in [-0.2, 0) is 0 Å². The van der Waals surface area contributed by atoms with E-state index < -0.39 is 0 Å². The minimum atomic E-state index is 0.388. The number of nitrogens with one attached hydrogen (secondary N) is 1. The normalized spacial score (nSPS) is 24.1. The molecule has 0 radical (unpaired) electrons. The third-order valence-electron chi connectivity index (χ3n) is 2.73. The Morgan fingerprint density at radius 3 is 3.14 bits per heavy atom. The first kappa shape index (κ1) is 11.5. The van der Waals surface area contributed by atoms with Crippen LogP contribution in [0.2, 0.25) is 0 Å². The van der Waals surface area contributed by atoms with E-state index in [1.165, 1.54) is 32.4 Å². The Hall–Kier alpha value is -0.590. The fraction of sp³-hybridized carbons (Fsp3) is 0.909. The highest BCUT2D eigenvalue weighted by Crippen LogP contribution is 2.04. The summed E-state index contributed by atoms with van der Waals surface area (Å²) in [7, 11) is 0. The summed E-state index contributed by atoms with van der Waals surface area (Å²) in [6, 6.07) is 2.64. The Morgan fingerprint density at radius 2 is 2.43 bits per heavy atom. The van der Waals surface area contributed by atoms with Gasteiger partial charge in [0.25, 0.3) is 0 Å². The van der Waals surface area contributed by atoms with E-state index >= 15 is 0 Å². The predicted molar refractivity (Wildman–Crippen MR) is 58.0 cm³/mol. The number of nitriles is 1. The van der Waals surface area contributed by atoms with Crippen molar-refractivity contribution in [3.8, 4) is 6.07 Å². The number of nitrogens with zero attached hydrogens (tertiary/aromatic N) is 2. The molecule has 0 aromatic carbocycles. The van der Waals surface area contributed by atoms with Gasteiger partial charge in [-0.1, -0.05) is 13.3 Å². The molecule has 1 saturated heterocycles. The van der Waals surface area contributed by atoms with Gasteiger partial charge in [-0.3, -0.25) is 0 Å². The SMILES string of the molecule is CCCCN1CCCNC(CC#N)C1. The van der Waals surface area contributed by atoms with Gasteiger partial charge in [0.15, 0.2) is 0 Å². The maximum atomic E-state index is 8.66. The molecular weight excluding hydrogens is 174 g/mol. The highest BCUT2D eigenvalue weighted by atomic mass is 15.2. The summed E-state index contributed by atoms with van der Waals surface area (Å²) in [5.41, 5.74) is 0. The fourth-order valence-corrected chi connectivity index (χ4v) is 1.91. The van der Waals surface area contributed by atoms with Crippen molar-refractivity contribution in [1.82, 2.24) is 10.2 Å². The Bertz CT molecular complexity index is 185. The second-order valence-electron chi connectivity index (χ2n) is 4.02. The van der Waals surface area contributed by atoms with E-state index in [4.69, 9.17) is 5.26 Å². The van der Waals surface area contributed by atoms with Crippen LogP contribution in [0.5, 0.6) is 0 Å². The summed E-state index contributed by atoms with van der Waals surface area (Å²) in [5.74, 6) is 0. The molecule has 1 heterocycles.